The zero-order chi connectivity index (χ0) is 23.9. The first kappa shape index (κ1) is 24.0. The average Bonchev–Trinajstić information content (AvgIpc) is 3.58. The van der Waals surface area contributed by atoms with Gasteiger partial charge in [0.15, 0.2) is 5.13 Å². The lowest BCUT2D eigenvalue weighted by Gasteiger charge is -2.30. The maximum Gasteiger partial charge on any atom is 0.243 e. The van der Waals surface area contributed by atoms with Crippen molar-refractivity contribution in [3.05, 3.63) is 53.9 Å². The van der Waals surface area contributed by atoms with Crippen molar-refractivity contribution in [2.75, 3.05) is 32.3 Å². The molecule has 2 heterocycles. The normalized spacial score (nSPS) is 16.1. The molecule has 2 atom stereocenters. The molecule has 1 fully saturated rings. The lowest BCUT2D eigenvalue weighted by Crippen LogP contribution is -2.46. The molecule has 1 N–H and O–H groups in total. The quantitative estimate of drug-likeness (QED) is 0.437. The number of anilines is 2. The second kappa shape index (κ2) is 11.4. The summed E-state index contributed by atoms with van der Waals surface area (Å²) < 4.78 is 16.3. The Morgan fingerprint density at radius 3 is 2.41 bits per heavy atom. The summed E-state index contributed by atoms with van der Waals surface area (Å²) >= 11 is 1.52. The Kier molecular flexibility index (Phi) is 8.03. The Morgan fingerprint density at radius 1 is 1.15 bits per heavy atom. The molecular formula is C26H31N3O4S. The van der Waals surface area contributed by atoms with Crippen LogP contribution >= 0.6 is 11.3 Å². The third kappa shape index (κ3) is 5.51. The van der Waals surface area contributed by atoms with Crippen LogP contribution in [0, 0.1) is 0 Å². The maximum atomic E-state index is 13.3. The van der Waals surface area contributed by atoms with E-state index in [4.69, 9.17) is 19.2 Å². The van der Waals surface area contributed by atoms with E-state index in [0.717, 1.165) is 53.0 Å². The Hall–Kier alpha value is -3.10. The van der Waals surface area contributed by atoms with Gasteiger partial charge in [-0.25, -0.2) is 4.98 Å². The van der Waals surface area contributed by atoms with Crippen LogP contribution < -0.4 is 19.7 Å². The number of carbonyl (C=O) groups excluding carboxylic acids is 1. The van der Waals surface area contributed by atoms with E-state index in [2.05, 4.69) is 5.32 Å². The van der Waals surface area contributed by atoms with Gasteiger partial charge in [0.1, 0.15) is 17.5 Å². The van der Waals surface area contributed by atoms with Crippen LogP contribution in [0.15, 0.2) is 53.9 Å². The summed E-state index contributed by atoms with van der Waals surface area (Å²) in [4.78, 5) is 20.2. The SMILES string of the molecule is CC[C@@H](C(=O)NC[C@H]1CCCO1)N(c1ccc(OC)cc1)c1nc(-c2ccc(OC)cc2)cs1. The first-order valence-corrected chi connectivity index (χ1v) is 12.4. The minimum Gasteiger partial charge on any atom is -0.497 e. The molecule has 1 aliphatic heterocycles. The average molecular weight is 482 g/mol. The van der Waals surface area contributed by atoms with Crippen molar-refractivity contribution in [2.45, 2.75) is 38.3 Å². The van der Waals surface area contributed by atoms with Gasteiger partial charge in [-0.05, 0) is 67.8 Å². The fourth-order valence-corrected chi connectivity index (χ4v) is 4.96. The predicted octanol–water partition coefficient (Wildman–Crippen LogP) is 5.04. The van der Waals surface area contributed by atoms with Crippen molar-refractivity contribution < 1.29 is 19.0 Å². The lowest BCUT2D eigenvalue weighted by atomic mass is 10.1. The van der Waals surface area contributed by atoms with E-state index in [1.165, 1.54) is 11.3 Å². The smallest absolute Gasteiger partial charge is 0.243 e. The minimum absolute atomic E-state index is 0.0324. The van der Waals surface area contributed by atoms with Gasteiger partial charge in [0, 0.05) is 29.8 Å². The fraction of sp³-hybridized carbons (Fsp3) is 0.385. The van der Waals surface area contributed by atoms with Crippen molar-refractivity contribution in [3.8, 4) is 22.8 Å². The number of thiazole rings is 1. The highest BCUT2D eigenvalue weighted by molar-refractivity contribution is 7.14. The molecule has 0 saturated carbocycles. The van der Waals surface area contributed by atoms with Crippen LogP contribution in [0.4, 0.5) is 10.8 Å². The number of benzene rings is 2. The summed E-state index contributed by atoms with van der Waals surface area (Å²) in [5, 5.41) is 5.88. The number of carbonyl (C=O) groups is 1. The van der Waals surface area contributed by atoms with Crippen molar-refractivity contribution in [1.29, 1.82) is 0 Å². The van der Waals surface area contributed by atoms with Crippen molar-refractivity contribution in [2.24, 2.45) is 0 Å². The number of aromatic nitrogens is 1. The molecule has 1 aliphatic rings. The monoisotopic (exact) mass is 481 g/mol. The first-order chi connectivity index (χ1) is 16.6. The summed E-state index contributed by atoms with van der Waals surface area (Å²) in [6, 6.07) is 15.1. The molecule has 1 saturated heterocycles. The van der Waals surface area contributed by atoms with E-state index >= 15 is 0 Å². The van der Waals surface area contributed by atoms with Gasteiger partial charge in [-0.15, -0.1) is 11.3 Å². The molecule has 0 radical (unpaired) electrons. The van der Waals surface area contributed by atoms with Crippen LogP contribution in [0.25, 0.3) is 11.3 Å². The minimum atomic E-state index is -0.412. The molecule has 7 nitrogen and oxygen atoms in total. The van der Waals surface area contributed by atoms with Crippen molar-refractivity contribution >= 4 is 28.1 Å². The zero-order valence-electron chi connectivity index (χ0n) is 19.8. The van der Waals surface area contributed by atoms with E-state index in [-0.39, 0.29) is 12.0 Å². The first-order valence-electron chi connectivity index (χ1n) is 11.6. The molecule has 2 aromatic carbocycles. The van der Waals surface area contributed by atoms with Gasteiger partial charge < -0.3 is 24.4 Å². The van der Waals surface area contributed by atoms with Crippen LogP contribution in [0.1, 0.15) is 26.2 Å². The van der Waals surface area contributed by atoms with E-state index in [0.29, 0.717) is 13.0 Å². The third-order valence-corrected chi connectivity index (χ3v) is 6.80. The Bertz CT molecular complexity index is 1060. The number of ether oxygens (including phenoxy) is 3. The number of amides is 1. The zero-order valence-corrected chi connectivity index (χ0v) is 20.6. The van der Waals surface area contributed by atoms with Gasteiger partial charge >= 0.3 is 0 Å². The van der Waals surface area contributed by atoms with E-state index in [1.54, 1.807) is 14.2 Å². The Balaban J connectivity index is 1.62. The van der Waals surface area contributed by atoms with Gasteiger partial charge in [-0.3, -0.25) is 4.79 Å². The number of nitrogens with zero attached hydrogens (tertiary/aromatic N) is 2. The van der Waals surface area contributed by atoms with Crippen molar-refractivity contribution in [3.63, 3.8) is 0 Å². The summed E-state index contributed by atoms with van der Waals surface area (Å²) in [5.74, 6) is 1.53. The Morgan fingerprint density at radius 2 is 1.82 bits per heavy atom. The highest BCUT2D eigenvalue weighted by Gasteiger charge is 2.29. The van der Waals surface area contributed by atoms with Crippen LogP contribution in [0.2, 0.25) is 0 Å². The van der Waals surface area contributed by atoms with Crippen LogP contribution in [0.5, 0.6) is 11.5 Å². The fourth-order valence-electron chi connectivity index (χ4n) is 4.06. The lowest BCUT2D eigenvalue weighted by molar-refractivity contribution is -0.122. The number of rotatable bonds is 10. The van der Waals surface area contributed by atoms with Gasteiger partial charge in [-0.1, -0.05) is 6.92 Å². The second-order valence-electron chi connectivity index (χ2n) is 8.12. The molecule has 0 spiro atoms. The van der Waals surface area contributed by atoms with Crippen LogP contribution in [0.3, 0.4) is 0 Å². The molecule has 0 bridgehead atoms. The number of nitrogens with one attached hydrogen (secondary N) is 1. The van der Waals surface area contributed by atoms with Crippen molar-refractivity contribution in [1.82, 2.24) is 10.3 Å². The summed E-state index contributed by atoms with van der Waals surface area (Å²) in [7, 11) is 3.29. The van der Waals surface area contributed by atoms with Gasteiger partial charge in [0.2, 0.25) is 5.91 Å². The predicted molar refractivity (Wildman–Crippen MR) is 135 cm³/mol. The van der Waals surface area contributed by atoms with E-state index in [9.17, 15) is 4.79 Å². The molecule has 1 aromatic heterocycles. The molecule has 4 rings (SSSR count). The highest BCUT2D eigenvalue weighted by atomic mass is 32.1. The molecule has 0 unspecified atom stereocenters. The third-order valence-electron chi connectivity index (χ3n) is 5.96. The molecule has 1 amide bonds. The highest BCUT2D eigenvalue weighted by Crippen LogP contribution is 2.35. The maximum absolute atomic E-state index is 13.3. The van der Waals surface area contributed by atoms with Crippen LogP contribution in [-0.2, 0) is 9.53 Å². The molecule has 8 heteroatoms. The van der Waals surface area contributed by atoms with E-state index in [1.807, 2.05) is 65.7 Å². The van der Waals surface area contributed by atoms with Gasteiger partial charge in [0.25, 0.3) is 0 Å². The number of hydrogen-bond donors (Lipinski definition) is 1. The summed E-state index contributed by atoms with van der Waals surface area (Å²) in [6.45, 7) is 3.31. The van der Waals surface area contributed by atoms with Gasteiger partial charge in [0.05, 0.1) is 26.0 Å². The van der Waals surface area contributed by atoms with Gasteiger partial charge in [-0.2, -0.15) is 0 Å². The molecule has 180 valence electrons. The number of methoxy groups -OCH3 is 2. The van der Waals surface area contributed by atoms with E-state index < -0.39 is 6.04 Å². The summed E-state index contributed by atoms with van der Waals surface area (Å²) in [6.07, 6.45) is 2.75. The largest absolute Gasteiger partial charge is 0.497 e. The number of hydrogen-bond acceptors (Lipinski definition) is 7. The molecule has 34 heavy (non-hydrogen) atoms. The Labute approximate surface area is 204 Å². The molecule has 3 aromatic rings. The molecular weight excluding hydrogens is 450 g/mol. The molecule has 0 aliphatic carbocycles. The topological polar surface area (TPSA) is 72.9 Å². The standard InChI is InChI=1S/C26H31N3O4S/c1-4-24(25(30)27-16-22-6-5-15-33-22)29(19-9-13-21(32-3)14-10-19)26-28-23(17-34-26)18-7-11-20(31-2)12-8-18/h7-14,17,22,24H,4-6,15-16H2,1-3H3,(H,27,30)/t22-,24+/m1/s1. The second-order valence-corrected chi connectivity index (χ2v) is 8.95. The van der Waals surface area contributed by atoms with Crippen LogP contribution in [-0.4, -0.2) is 50.4 Å². The summed E-state index contributed by atoms with van der Waals surface area (Å²) in [5.41, 5.74) is 2.74.